The highest BCUT2D eigenvalue weighted by Crippen LogP contribution is 2.25. The summed E-state index contributed by atoms with van der Waals surface area (Å²) in [7, 11) is 1.74. The van der Waals surface area contributed by atoms with Crippen molar-refractivity contribution in [1.29, 1.82) is 0 Å². The second kappa shape index (κ2) is 5.48. The van der Waals surface area contributed by atoms with E-state index in [1.807, 2.05) is 0 Å². The van der Waals surface area contributed by atoms with Crippen molar-refractivity contribution in [2.24, 2.45) is 0 Å². The number of amides is 2. The van der Waals surface area contributed by atoms with Gasteiger partial charge in [-0.05, 0) is 37.5 Å². The maximum atomic E-state index is 12.0. The molecule has 0 unspecified atom stereocenters. The first-order chi connectivity index (χ1) is 8.97. The van der Waals surface area contributed by atoms with Gasteiger partial charge in [0.15, 0.2) is 0 Å². The van der Waals surface area contributed by atoms with E-state index in [1.165, 1.54) is 18.2 Å². The summed E-state index contributed by atoms with van der Waals surface area (Å²) in [6.07, 6.45) is 3.17. The molecule has 2 N–H and O–H groups in total. The van der Waals surface area contributed by atoms with Gasteiger partial charge in [-0.25, -0.2) is 9.59 Å². The standard InChI is InChI=1S/C13H15ClN2O3/c1-16(11-3-2-4-11)13(19)15-10-6-8(12(17)18)5-9(14)7-10/h5-7,11H,2-4H2,1H3,(H,15,19)(H,17,18). The number of nitrogens with zero attached hydrogens (tertiary/aromatic N) is 1. The number of anilines is 1. The topological polar surface area (TPSA) is 69.6 Å². The lowest BCUT2D eigenvalue weighted by molar-refractivity contribution is 0.0697. The number of benzene rings is 1. The van der Waals surface area contributed by atoms with Crippen LogP contribution in [0.15, 0.2) is 18.2 Å². The number of halogens is 1. The molecule has 2 rings (SSSR count). The van der Waals surface area contributed by atoms with Gasteiger partial charge in [0.1, 0.15) is 0 Å². The van der Waals surface area contributed by atoms with Crippen LogP contribution in [0.4, 0.5) is 10.5 Å². The third-order valence-corrected chi connectivity index (χ3v) is 3.56. The van der Waals surface area contributed by atoms with E-state index in [9.17, 15) is 9.59 Å². The predicted octanol–water partition coefficient (Wildman–Crippen LogP) is 3.05. The Labute approximate surface area is 116 Å². The van der Waals surface area contributed by atoms with Gasteiger partial charge in [-0.1, -0.05) is 11.6 Å². The summed E-state index contributed by atoms with van der Waals surface area (Å²) in [5.74, 6) is -1.08. The highest BCUT2D eigenvalue weighted by molar-refractivity contribution is 6.31. The van der Waals surface area contributed by atoms with Crippen LogP contribution in [0.5, 0.6) is 0 Å². The zero-order valence-corrected chi connectivity index (χ0v) is 11.3. The highest BCUT2D eigenvalue weighted by atomic mass is 35.5. The van der Waals surface area contributed by atoms with Crippen LogP contribution in [0.25, 0.3) is 0 Å². The van der Waals surface area contributed by atoms with Crippen LogP contribution in [0.2, 0.25) is 5.02 Å². The molecule has 0 bridgehead atoms. The number of hydrogen-bond acceptors (Lipinski definition) is 2. The van der Waals surface area contributed by atoms with Crippen molar-refractivity contribution in [1.82, 2.24) is 4.90 Å². The summed E-state index contributed by atoms with van der Waals surface area (Å²) in [5, 5.41) is 11.9. The maximum Gasteiger partial charge on any atom is 0.335 e. The van der Waals surface area contributed by atoms with Crippen molar-refractivity contribution < 1.29 is 14.7 Å². The Kier molecular flexibility index (Phi) is 3.95. The van der Waals surface area contributed by atoms with Crippen LogP contribution in [-0.2, 0) is 0 Å². The van der Waals surface area contributed by atoms with E-state index in [0.717, 1.165) is 19.3 Å². The maximum absolute atomic E-state index is 12.0. The number of carbonyl (C=O) groups is 2. The molecule has 1 aliphatic rings. The summed E-state index contributed by atoms with van der Waals surface area (Å²) in [5.41, 5.74) is 0.440. The number of carboxylic acids is 1. The molecule has 0 radical (unpaired) electrons. The first-order valence-electron chi connectivity index (χ1n) is 6.05. The van der Waals surface area contributed by atoms with Crippen LogP contribution >= 0.6 is 11.6 Å². The number of urea groups is 1. The monoisotopic (exact) mass is 282 g/mol. The molecule has 1 aliphatic carbocycles. The van der Waals surface area contributed by atoms with Gasteiger partial charge in [0.25, 0.3) is 0 Å². The zero-order valence-electron chi connectivity index (χ0n) is 10.5. The molecule has 1 aromatic rings. The highest BCUT2D eigenvalue weighted by Gasteiger charge is 2.25. The van der Waals surface area contributed by atoms with E-state index in [4.69, 9.17) is 16.7 Å². The van der Waals surface area contributed by atoms with Gasteiger partial charge in [0.05, 0.1) is 5.56 Å². The summed E-state index contributed by atoms with van der Waals surface area (Å²) < 4.78 is 0. The van der Waals surface area contributed by atoms with E-state index >= 15 is 0 Å². The first kappa shape index (κ1) is 13.7. The van der Waals surface area contributed by atoms with Crippen molar-refractivity contribution in [2.45, 2.75) is 25.3 Å². The Bertz CT molecular complexity index is 515. The van der Waals surface area contributed by atoms with Crippen LogP contribution in [-0.4, -0.2) is 35.1 Å². The molecule has 1 saturated carbocycles. The van der Waals surface area contributed by atoms with Crippen LogP contribution < -0.4 is 5.32 Å². The number of aromatic carboxylic acids is 1. The molecule has 1 aromatic carbocycles. The second-order valence-electron chi connectivity index (χ2n) is 4.66. The van der Waals surface area contributed by atoms with Gasteiger partial charge in [-0.2, -0.15) is 0 Å². The molecule has 0 atom stereocenters. The van der Waals surface area contributed by atoms with Crippen molar-refractivity contribution in [2.75, 3.05) is 12.4 Å². The predicted molar refractivity (Wildman–Crippen MR) is 72.8 cm³/mol. The summed E-state index contributed by atoms with van der Waals surface area (Å²) >= 11 is 5.83. The van der Waals surface area contributed by atoms with Crippen molar-refractivity contribution >= 4 is 29.3 Å². The summed E-state index contributed by atoms with van der Waals surface area (Å²) in [6.45, 7) is 0. The smallest absolute Gasteiger partial charge is 0.335 e. The molecule has 1 fully saturated rings. The number of hydrogen-bond donors (Lipinski definition) is 2. The Morgan fingerprint density at radius 2 is 2.05 bits per heavy atom. The quantitative estimate of drug-likeness (QED) is 0.895. The third-order valence-electron chi connectivity index (χ3n) is 3.34. The minimum absolute atomic E-state index is 0.0501. The van der Waals surface area contributed by atoms with Crippen molar-refractivity contribution in [3.63, 3.8) is 0 Å². The van der Waals surface area contributed by atoms with E-state index in [1.54, 1.807) is 11.9 Å². The minimum atomic E-state index is -1.08. The molecule has 0 spiro atoms. The van der Waals surface area contributed by atoms with Crippen LogP contribution in [0.1, 0.15) is 29.6 Å². The van der Waals surface area contributed by atoms with E-state index < -0.39 is 5.97 Å². The third kappa shape index (κ3) is 3.17. The van der Waals surface area contributed by atoms with E-state index in [2.05, 4.69) is 5.32 Å². The molecule has 5 nitrogen and oxygen atoms in total. The fourth-order valence-corrected chi connectivity index (χ4v) is 2.17. The normalized spacial score (nSPS) is 14.6. The van der Waals surface area contributed by atoms with Gasteiger partial charge in [0.2, 0.25) is 0 Å². The SMILES string of the molecule is CN(C(=O)Nc1cc(Cl)cc(C(=O)O)c1)C1CCC1. The van der Waals surface area contributed by atoms with Gasteiger partial charge in [-0.3, -0.25) is 0 Å². The van der Waals surface area contributed by atoms with E-state index in [0.29, 0.717) is 5.69 Å². The molecule has 0 aliphatic heterocycles. The molecular formula is C13H15ClN2O3. The molecule has 0 heterocycles. The number of carboxylic acid groups (broad SMARTS) is 1. The van der Waals surface area contributed by atoms with Crippen LogP contribution in [0.3, 0.4) is 0 Å². The van der Waals surface area contributed by atoms with Crippen LogP contribution in [0, 0.1) is 0 Å². The fraction of sp³-hybridized carbons (Fsp3) is 0.385. The minimum Gasteiger partial charge on any atom is -0.478 e. The lowest BCUT2D eigenvalue weighted by atomic mass is 9.92. The molecular weight excluding hydrogens is 268 g/mol. The van der Waals surface area contributed by atoms with Gasteiger partial charge < -0.3 is 15.3 Å². The van der Waals surface area contributed by atoms with E-state index in [-0.39, 0.29) is 22.7 Å². The van der Waals surface area contributed by atoms with Crippen molar-refractivity contribution in [3.05, 3.63) is 28.8 Å². The Hall–Kier alpha value is -1.75. The molecule has 102 valence electrons. The molecule has 0 aromatic heterocycles. The van der Waals surface area contributed by atoms with Gasteiger partial charge in [0, 0.05) is 23.8 Å². The average molecular weight is 283 g/mol. The lowest BCUT2D eigenvalue weighted by Gasteiger charge is -2.34. The second-order valence-corrected chi connectivity index (χ2v) is 5.10. The van der Waals surface area contributed by atoms with Gasteiger partial charge in [-0.15, -0.1) is 0 Å². The largest absolute Gasteiger partial charge is 0.478 e. The fourth-order valence-electron chi connectivity index (χ4n) is 1.94. The number of nitrogens with one attached hydrogen (secondary N) is 1. The Morgan fingerprint density at radius 3 is 2.58 bits per heavy atom. The number of rotatable bonds is 3. The molecule has 2 amide bonds. The molecule has 19 heavy (non-hydrogen) atoms. The molecule has 0 saturated heterocycles. The average Bonchev–Trinajstić information content (AvgIpc) is 2.25. The lowest BCUT2D eigenvalue weighted by Crippen LogP contribution is -2.43. The molecule has 6 heteroatoms. The summed E-state index contributed by atoms with van der Waals surface area (Å²) in [4.78, 5) is 24.5. The van der Waals surface area contributed by atoms with Gasteiger partial charge >= 0.3 is 12.0 Å². The first-order valence-corrected chi connectivity index (χ1v) is 6.43. The summed E-state index contributed by atoms with van der Waals surface area (Å²) in [6, 6.07) is 4.29. The number of carbonyl (C=O) groups excluding carboxylic acids is 1. The Morgan fingerprint density at radius 1 is 1.37 bits per heavy atom. The zero-order chi connectivity index (χ0) is 14.0. The van der Waals surface area contributed by atoms with Crippen molar-refractivity contribution in [3.8, 4) is 0 Å². The Balaban J connectivity index is 2.09.